The predicted molar refractivity (Wildman–Crippen MR) is 281 cm³/mol. The molecular weight excluding hydrogens is 825 g/mol. The van der Waals surface area contributed by atoms with Gasteiger partial charge >= 0.3 is 5.97 Å². The van der Waals surface area contributed by atoms with Crippen LogP contribution in [0.1, 0.15) is 271 Å². The van der Waals surface area contributed by atoms with Crippen LogP contribution in [0.3, 0.4) is 0 Å². The third-order valence-corrected chi connectivity index (χ3v) is 19.9. The number of rotatable bonds is 44. The van der Waals surface area contributed by atoms with Crippen LogP contribution in [-0.4, -0.2) is 37.7 Å². The zero-order valence-corrected chi connectivity index (χ0v) is 45.1. The van der Waals surface area contributed by atoms with E-state index < -0.39 is 8.32 Å². The van der Waals surface area contributed by atoms with E-state index in [0.29, 0.717) is 0 Å². The Bertz CT molecular complexity index is 1250. The molecule has 1 unspecified atom stereocenters. The van der Waals surface area contributed by atoms with E-state index in [1.165, 1.54) is 211 Å². The van der Waals surface area contributed by atoms with Crippen molar-refractivity contribution in [3.8, 4) is 0 Å². The number of hydrogen-bond donors (Lipinski definition) is 1. The van der Waals surface area contributed by atoms with Gasteiger partial charge in [0.15, 0.2) is 14.5 Å². The van der Waals surface area contributed by atoms with Crippen LogP contribution in [0.2, 0.25) is 18.1 Å². The molecule has 3 atom stereocenters. The molecule has 2 rings (SSSR count). The van der Waals surface area contributed by atoms with Crippen molar-refractivity contribution in [3.05, 3.63) is 35.9 Å². The van der Waals surface area contributed by atoms with Gasteiger partial charge in [0.25, 0.3) is 0 Å². The van der Waals surface area contributed by atoms with E-state index in [1.807, 2.05) is 6.07 Å². The molecule has 0 bridgehead atoms. The van der Waals surface area contributed by atoms with Gasteiger partial charge in [-0.3, -0.25) is 4.79 Å². The second-order valence-electron chi connectivity index (χ2n) is 21.0. The van der Waals surface area contributed by atoms with Crippen LogP contribution in [0.15, 0.2) is 40.7 Å². The monoisotopic (exact) mass is 929 g/mol. The molecule has 0 saturated carbocycles. The molecule has 1 aliphatic rings. The third-order valence-electron chi connectivity index (χ3n) is 14.3. The summed E-state index contributed by atoms with van der Waals surface area (Å²) in [7, 11) is -0.465. The maximum atomic E-state index is 13.3. The van der Waals surface area contributed by atoms with Crippen LogP contribution in [0.4, 0.5) is 0 Å². The number of hydrazine groups is 1. The Balaban J connectivity index is 1.51. The van der Waals surface area contributed by atoms with Gasteiger partial charge < -0.3 is 9.16 Å². The molecule has 0 aliphatic carbocycles. The quantitative estimate of drug-likeness (QED) is 0.0304. The second-order valence-corrected chi connectivity index (χ2v) is 26.9. The van der Waals surface area contributed by atoms with Gasteiger partial charge in [-0.1, -0.05) is 287 Å². The van der Waals surface area contributed by atoms with E-state index in [2.05, 4.69) is 85.3 Å². The Morgan fingerprint density at radius 2 is 1.02 bits per heavy atom. The number of nitrogens with one attached hydrogen (secondary N) is 1. The average molecular weight is 930 g/mol. The highest BCUT2D eigenvalue weighted by molar-refractivity contribution is 7.96. The van der Waals surface area contributed by atoms with Crippen LogP contribution in [-0.2, 0) is 14.0 Å². The first-order valence-electron chi connectivity index (χ1n) is 27.5. The molecular formula is C55H104N4O3SSi. The third kappa shape index (κ3) is 28.7. The van der Waals surface area contributed by atoms with Crippen LogP contribution in [0.25, 0.3) is 0 Å². The lowest BCUT2D eigenvalue weighted by Crippen LogP contribution is -2.47. The lowest BCUT2D eigenvalue weighted by Gasteiger charge is -2.41. The molecule has 1 heterocycles. The Morgan fingerprint density at radius 1 is 0.625 bits per heavy atom. The summed E-state index contributed by atoms with van der Waals surface area (Å²) in [6, 6.07) is 10.4. The van der Waals surface area contributed by atoms with Gasteiger partial charge in [-0.25, -0.2) is 5.53 Å². The van der Waals surface area contributed by atoms with Gasteiger partial charge in [0.1, 0.15) is 0 Å². The first kappa shape index (κ1) is 58.7. The molecule has 1 aromatic carbocycles. The summed E-state index contributed by atoms with van der Waals surface area (Å²) < 4.78 is 14.6. The largest absolute Gasteiger partial charge is 0.469 e. The number of benzene rings is 1. The van der Waals surface area contributed by atoms with Crippen molar-refractivity contribution in [1.29, 1.82) is 0 Å². The van der Waals surface area contributed by atoms with Gasteiger partial charge in [0.2, 0.25) is 0 Å². The molecule has 1 aromatic rings. The van der Waals surface area contributed by atoms with Gasteiger partial charge in [0, 0.05) is 5.75 Å². The Kier molecular flexibility index (Phi) is 35.3. The fraction of sp³-hybridized carbons (Fsp3) is 0.873. The number of hydrogen-bond acceptors (Lipinski definition) is 8. The fourth-order valence-corrected chi connectivity index (χ4v) is 11.3. The number of carbonyl (C=O) groups is 1. The lowest BCUT2D eigenvalue weighted by molar-refractivity contribution is -0.149. The molecule has 0 radical (unpaired) electrons. The molecule has 9 heteroatoms. The van der Waals surface area contributed by atoms with E-state index in [0.717, 1.165) is 31.4 Å². The van der Waals surface area contributed by atoms with Crippen molar-refractivity contribution >= 4 is 26.2 Å². The molecule has 64 heavy (non-hydrogen) atoms. The summed E-state index contributed by atoms with van der Waals surface area (Å²) in [4.78, 5) is 13.3. The van der Waals surface area contributed by atoms with E-state index in [1.54, 1.807) is 19.1 Å². The standard InChI is InChI=1S/C55H104N4O3SSi/c1-8-9-10-11-12-13-14-15-16-17-18-19-20-21-22-23-24-27-30-33-36-42-47-51(54(60)61-5)52(62-64(6,7)55(2,3)4)48-43-37-34-31-28-25-26-29-32-35-38-44-49-63-59-53(56-57-58-59)50-45-40-39-41-46-50/h39-41,45-46,51-53H,8-38,42-44,47-49H2,1-7H3,(H,56,58)/t51-,52-,53?/m1/s1. The summed E-state index contributed by atoms with van der Waals surface area (Å²) in [6.07, 6.45) is 48.0. The number of ether oxygens (including phenoxy) is 1. The highest BCUT2D eigenvalue weighted by Crippen LogP contribution is 2.40. The highest BCUT2D eigenvalue weighted by Gasteiger charge is 2.42. The molecule has 1 N–H and O–H groups in total. The Morgan fingerprint density at radius 3 is 1.42 bits per heavy atom. The van der Waals surface area contributed by atoms with Gasteiger partial charge in [-0.05, 0) is 43.0 Å². The molecule has 1 aliphatic heterocycles. The van der Waals surface area contributed by atoms with Crippen LogP contribution >= 0.6 is 11.9 Å². The van der Waals surface area contributed by atoms with Crippen molar-refractivity contribution in [2.75, 3.05) is 12.9 Å². The lowest BCUT2D eigenvalue weighted by atomic mass is 9.91. The van der Waals surface area contributed by atoms with Crippen molar-refractivity contribution in [2.45, 2.75) is 289 Å². The topological polar surface area (TPSA) is 75.5 Å². The van der Waals surface area contributed by atoms with Gasteiger partial charge in [-0.15, -0.1) is 9.53 Å². The molecule has 0 spiro atoms. The van der Waals surface area contributed by atoms with Crippen molar-refractivity contribution in [2.24, 2.45) is 16.3 Å². The number of unbranched alkanes of at least 4 members (excludes halogenated alkanes) is 32. The highest BCUT2D eigenvalue weighted by atomic mass is 32.2. The Labute approximate surface area is 402 Å². The van der Waals surface area contributed by atoms with E-state index >= 15 is 0 Å². The summed E-state index contributed by atoms with van der Waals surface area (Å²) >= 11 is 1.80. The van der Waals surface area contributed by atoms with Crippen LogP contribution in [0.5, 0.6) is 0 Å². The summed E-state index contributed by atoms with van der Waals surface area (Å²) in [6.45, 7) is 13.9. The van der Waals surface area contributed by atoms with Gasteiger partial charge in [-0.2, -0.15) is 0 Å². The number of esters is 1. The molecule has 372 valence electrons. The molecule has 0 amide bonds. The van der Waals surface area contributed by atoms with Crippen LogP contribution in [0, 0.1) is 5.92 Å². The van der Waals surface area contributed by atoms with Gasteiger partial charge in [0.05, 0.1) is 19.1 Å². The minimum atomic E-state index is -2.04. The minimum absolute atomic E-state index is 0.0315. The van der Waals surface area contributed by atoms with E-state index in [4.69, 9.17) is 9.16 Å². The Hall–Kier alpha value is -1.42. The van der Waals surface area contributed by atoms with Crippen LogP contribution < -0.4 is 5.53 Å². The zero-order chi connectivity index (χ0) is 46.4. The molecule has 0 fully saturated rings. The maximum Gasteiger partial charge on any atom is 0.311 e. The summed E-state index contributed by atoms with van der Waals surface area (Å²) in [5, 5.41) is 8.51. The average Bonchev–Trinajstić information content (AvgIpc) is 3.76. The predicted octanol–water partition coefficient (Wildman–Crippen LogP) is 18.8. The van der Waals surface area contributed by atoms with E-state index in [9.17, 15) is 4.79 Å². The second kappa shape index (κ2) is 38.5. The van der Waals surface area contributed by atoms with Crippen molar-refractivity contribution in [1.82, 2.24) is 9.95 Å². The molecule has 0 aromatic heterocycles. The summed E-state index contributed by atoms with van der Waals surface area (Å²) in [5.74, 6) is 0.882. The maximum absolute atomic E-state index is 13.3. The first-order chi connectivity index (χ1) is 31.1. The van der Waals surface area contributed by atoms with Crippen molar-refractivity contribution < 1.29 is 14.0 Å². The fourth-order valence-electron chi connectivity index (χ4n) is 9.01. The summed E-state index contributed by atoms with van der Waals surface area (Å²) in [5.41, 5.74) is 4.21. The van der Waals surface area contributed by atoms with E-state index in [-0.39, 0.29) is 29.2 Å². The smallest absolute Gasteiger partial charge is 0.311 e. The van der Waals surface area contributed by atoms with Crippen molar-refractivity contribution in [3.63, 3.8) is 0 Å². The zero-order valence-electron chi connectivity index (χ0n) is 43.3. The first-order valence-corrected chi connectivity index (χ1v) is 31.3. The number of carbonyl (C=O) groups excluding carboxylic acids is 1. The molecule has 0 saturated heterocycles. The number of methoxy groups -OCH3 is 1. The minimum Gasteiger partial charge on any atom is -0.469 e. The number of nitrogens with zero attached hydrogens (tertiary/aromatic N) is 3. The molecule has 7 nitrogen and oxygen atoms in total. The SMILES string of the molecule is CCCCCCCCCCCCCCCCCCCCCCCC[C@@H](C(=O)OC)[C@@H](CCCCCCCCCCCCCCSN1NN=NC1c1ccccc1)O[Si](C)(C)C(C)(C)C. The normalized spacial score (nSPS) is 15.5.